The summed E-state index contributed by atoms with van der Waals surface area (Å²) in [7, 11) is 0. The molecule has 0 aliphatic carbocycles. The zero-order valence-electron chi connectivity index (χ0n) is 12.4. The average molecular weight is 380 g/mol. The highest BCUT2D eigenvalue weighted by Gasteiger charge is 2.33. The molecule has 1 aromatic rings. The Morgan fingerprint density at radius 1 is 1.09 bits per heavy atom. The van der Waals surface area contributed by atoms with Gasteiger partial charge in [-0.3, -0.25) is 4.90 Å². The number of hydrogen-bond donors (Lipinski definition) is 1. The van der Waals surface area contributed by atoms with E-state index < -0.39 is 11.7 Å². The van der Waals surface area contributed by atoms with E-state index in [-0.39, 0.29) is 4.47 Å². The predicted molar refractivity (Wildman–Crippen MR) is 86.1 cm³/mol. The van der Waals surface area contributed by atoms with Crippen LogP contribution in [0, 0.1) is 0 Å². The van der Waals surface area contributed by atoms with Crippen molar-refractivity contribution >= 4 is 21.6 Å². The van der Waals surface area contributed by atoms with Gasteiger partial charge in [-0.25, -0.2) is 0 Å². The maximum atomic E-state index is 13.0. The molecule has 7 heteroatoms. The quantitative estimate of drug-likeness (QED) is 0.796. The smallest absolute Gasteiger partial charge is 0.369 e. The Hall–Kier alpha value is -0.790. The van der Waals surface area contributed by atoms with Crippen molar-refractivity contribution in [3.63, 3.8) is 0 Å². The lowest BCUT2D eigenvalue weighted by molar-refractivity contribution is -0.138. The number of alkyl halides is 3. The molecule has 1 aliphatic heterocycles. The van der Waals surface area contributed by atoms with Gasteiger partial charge >= 0.3 is 6.18 Å². The number of halogens is 4. The minimum absolute atomic E-state index is 0.0872. The number of piperazine rings is 1. The fourth-order valence-electron chi connectivity index (χ4n) is 2.64. The summed E-state index contributed by atoms with van der Waals surface area (Å²) in [6, 6.07) is 4.45. The predicted octanol–water partition coefficient (Wildman–Crippen LogP) is 3.33. The van der Waals surface area contributed by atoms with Crippen LogP contribution in [-0.4, -0.2) is 44.2 Å². The minimum atomic E-state index is -4.33. The highest BCUT2D eigenvalue weighted by atomic mass is 79.9. The van der Waals surface area contributed by atoms with Crippen molar-refractivity contribution in [3.05, 3.63) is 28.2 Å². The molecule has 1 heterocycles. The van der Waals surface area contributed by atoms with Crippen molar-refractivity contribution in [2.24, 2.45) is 5.73 Å². The summed E-state index contributed by atoms with van der Waals surface area (Å²) >= 11 is 2.98. The number of nitrogens with two attached hydrogens (primary N) is 1. The van der Waals surface area contributed by atoms with E-state index in [1.54, 1.807) is 6.07 Å². The number of hydrogen-bond acceptors (Lipinski definition) is 3. The number of nitrogens with zero attached hydrogens (tertiary/aromatic N) is 2. The van der Waals surface area contributed by atoms with E-state index in [0.717, 1.165) is 45.6 Å². The van der Waals surface area contributed by atoms with E-state index in [2.05, 4.69) is 20.8 Å². The molecule has 22 heavy (non-hydrogen) atoms. The van der Waals surface area contributed by atoms with Crippen LogP contribution in [0.25, 0.3) is 0 Å². The minimum Gasteiger partial charge on any atom is -0.369 e. The summed E-state index contributed by atoms with van der Waals surface area (Å²) in [4.78, 5) is 4.36. The van der Waals surface area contributed by atoms with Crippen LogP contribution in [0.2, 0.25) is 0 Å². The summed E-state index contributed by atoms with van der Waals surface area (Å²) in [5.41, 5.74) is 5.50. The summed E-state index contributed by atoms with van der Waals surface area (Å²) in [5.74, 6) is 0. The Kier molecular flexibility index (Phi) is 6.11. The van der Waals surface area contributed by atoms with Crippen LogP contribution in [-0.2, 0) is 6.18 Å². The molecule has 2 N–H and O–H groups in total. The van der Waals surface area contributed by atoms with Gasteiger partial charge in [-0.15, -0.1) is 0 Å². The average Bonchev–Trinajstić information content (AvgIpc) is 2.48. The standard InChI is InChI=1S/C15H21BrF3N3/c16-14-4-3-12(11-13(14)15(17,18)19)22-9-7-21(8-10-22)6-2-1-5-20/h3-4,11H,1-2,5-10,20H2. The fourth-order valence-corrected chi connectivity index (χ4v) is 3.11. The van der Waals surface area contributed by atoms with Crippen LogP contribution in [0.3, 0.4) is 0 Å². The molecule has 1 saturated heterocycles. The molecule has 0 bridgehead atoms. The highest BCUT2D eigenvalue weighted by Crippen LogP contribution is 2.37. The summed E-state index contributed by atoms with van der Waals surface area (Å²) in [6.07, 6.45) is -2.24. The van der Waals surface area contributed by atoms with E-state index in [0.29, 0.717) is 12.2 Å². The zero-order chi connectivity index (χ0) is 16.2. The fraction of sp³-hybridized carbons (Fsp3) is 0.600. The van der Waals surface area contributed by atoms with Crippen LogP contribution in [0.4, 0.5) is 18.9 Å². The maximum absolute atomic E-state index is 13.0. The number of anilines is 1. The second kappa shape index (κ2) is 7.66. The number of unbranched alkanes of at least 4 members (excludes halogenated alkanes) is 1. The van der Waals surface area contributed by atoms with Crippen molar-refractivity contribution in [1.82, 2.24) is 4.90 Å². The third kappa shape index (κ3) is 4.60. The van der Waals surface area contributed by atoms with Gasteiger partial charge in [0.1, 0.15) is 0 Å². The van der Waals surface area contributed by atoms with Crippen LogP contribution in [0.5, 0.6) is 0 Å². The van der Waals surface area contributed by atoms with E-state index in [9.17, 15) is 13.2 Å². The van der Waals surface area contributed by atoms with Crippen LogP contribution in [0.1, 0.15) is 18.4 Å². The lowest BCUT2D eigenvalue weighted by Gasteiger charge is -2.36. The van der Waals surface area contributed by atoms with E-state index >= 15 is 0 Å². The normalized spacial score (nSPS) is 17.0. The molecule has 0 amide bonds. The van der Waals surface area contributed by atoms with E-state index in [1.165, 1.54) is 12.1 Å². The zero-order valence-corrected chi connectivity index (χ0v) is 14.0. The lowest BCUT2D eigenvalue weighted by atomic mass is 10.1. The molecular formula is C15H21BrF3N3. The van der Waals surface area contributed by atoms with Gasteiger partial charge in [0.2, 0.25) is 0 Å². The molecule has 0 radical (unpaired) electrons. The summed E-state index contributed by atoms with van der Waals surface area (Å²) in [5, 5.41) is 0. The van der Waals surface area contributed by atoms with Crippen molar-refractivity contribution in [2.45, 2.75) is 19.0 Å². The lowest BCUT2D eigenvalue weighted by Crippen LogP contribution is -2.46. The first-order valence-corrected chi connectivity index (χ1v) is 8.25. The van der Waals surface area contributed by atoms with Crippen molar-refractivity contribution in [1.29, 1.82) is 0 Å². The van der Waals surface area contributed by atoms with Crippen molar-refractivity contribution in [3.8, 4) is 0 Å². The maximum Gasteiger partial charge on any atom is 0.417 e. The van der Waals surface area contributed by atoms with Gasteiger partial charge in [0, 0.05) is 36.3 Å². The highest BCUT2D eigenvalue weighted by molar-refractivity contribution is 9.10. The van der Waals surface area contributed by atoms with Crippen LogP contribution in [0.15, 0.2) is 22.7 Å². The van der Waals surface area contributed by atoms with Crippen LogP contribution >= 0.6 is 15.9 Å². The second-order valence-electron chi connectivity index (χ2n) is 5.49. The first kappa shape index (κ1) is 17.6. The summed E-state index contributed by atoms with van der Waals surface area (Å²) < 4.78 is 39.0. The molecule has 0 unspecified atom stereocenters. The van der Waals surface area contributed by atoms with Gasteiger partial charge in [-0.2, -0.15) is 13.2 Å². The van der Waals surface area contributed by atoms with Crippen molar-refractivity contribution < 1.29 is 13.2 Å². The van der Waals surface area contributed by atoms with Gasteiger partial charge in [0.05, 0.1) is 5.56 Å². The van der Waals surface area contributed by atoms with Gasteiger partial charge in [0.15, 0.2) is 0 Å². The Morgan fingerprint density at radius 2 is 1.77 bits per heavy atom. The topological polar surface area (TPSA) is 32.5 Å². The van der Waals surface area contributed by atoms with Gasteiger partial charge in [-0.05, 0) is 44.1 Å². The van der Waals surface area contributed by atoms with E-state index in [4.69, 9.17) is 5.73 Å². The molecular weight excluding hydrogens is 359 g/mol. The SMILES string of the molecule is NCCCCN1CCN(c2ccc(Br)c(C(F)(F)F)c2)CC1. The molecule has 0 aromatic heterocycles. The van der Waals surface area contributed by atoms with Crippen molar-refractivity contribution in [2.75, 3.05) is 44.2 Å². The molecule has 0 atom stereocenters. The molecule has 1 aromatic carbocycles. The van der Waals surface area contributed by atoms with Gasteiger partial charge < -0.3 is 10.6 Å². The van der Waals surface area contributed by atoms with Gasteiger partial charge in [-0.1, -0.05) is 15.9 Å². The van der Waals surface area contributed by atoms with Crippen LogP contribution < -0.4 is 10.6 Å². The number of benzene rings is 1. The molecule has 1 aliphatic rings. The Morgan fingerprint density at radius 3 is 2.36 bits per heavy atom. The van der Waals surface area contributed by atoms with Gasteiger partial charge in [0.25, 0.3) is 0 Å². The number of rotatable bonds is 5. The molecule has 2 rings (SSSR count). The summed E-state index contributed by atoms with van der Waals surface area (Å²) in [6.45, 7) is 4.98. The molecule has 0 saturated carbocycles. The Bertz CT molecular complexity index is 485. The largest absolute Gasteiger partial charge is 0.417 e. The molecule has 3 nitrogen and oxygen atoms in total. The Labute approximate surface area is 137 Å². The third-order valence-corrected chi connectivity index (χ3v) is 4.61. The monoisotopic (exact) mass is 379 g/mol. The third-order valence-electron chi connectivity index (χ3n) is 3.92. The first-order chi connectivity index (χ1) is 10.4. The van der Waals surface area contributed by atoms with E-state index in [1.807, 2.05) is 4.90 Å². The second-order valence-corrected chi connectivity index (χ2v) is 6.34. The molecule has 124 valence electrons. The Balaban J connectivity index is 1.97. The first-order valence-electron chi connectivity index (χ1n) is 7.46. The molecule has 0 spiro atoms. The molecule has 1 fully saturated rings.